The number of rotatable bonds is 58. The molecule has 0 aliphatic rings. The van der Waals surface area contributed by atoms with Gasteiger partial charge in [0, 0.05) is 12.8 Å². The van der Waals surface area contributed by atoms with E-state index in [4.69, 9.17) is 4.74 Å². The van der Waals surface area contributed by atoms with Gasteiger partial charge in [-0.3, -0.25) is 9.59 Å². The van der Waals surface area contributed by atoms with E-state index in [1.54, 1.807) is 0 Å². The lowest BCUT2D eigenvalue weighted by Gasteiger charge is -2.22. The third-order valence-corrected chi connectivity index (χ3v) is 14.6. The number of hydrogen-bond donors (Lipinski definition) is 3. The maximum atomic E-state index is 12.5. The van der Waals surface area contributed by atoms with Gasteiger partial charge >= 0.3 is 5.97 Å². The summed E-state index contributed by atoms with van der Waals surface area (Å²) in [7, 11) is 0. The highest BCUT2D eigenvalue weighted by Gasteiger charge is 2.20. The Hall–Kier alpha value is -1.40. The molecule has 2 atom stereocenters. The Morgan fingerprint density at radius 1 is 0.397 bits per heavy atom. The van der Waals surface area contributed by atoms with Gasteiger partial charge in [0.15, 0.2) is 0 Å². The van der Waals surface area contributed by atoms with Gasteiger partial charge in [-0.25, -0.2) is 0 Å². The highest BCUT2D eigenvalue weighted by molar-refractivity contribution is 5.76. The van der Waals surface area contributed by atoms with Crippen LogP contribution in [-0.2, 0) is 14.3 Å². The van der Waals surface area contributed by atoms with Gasteiger partial charge in [0.05, 0.1) is 25.4 Å². The summed E-state index contributed by atoms with van der Waals surface area (Å²) in [6.45, 7) is 4.97. The smallest absolute Gasteiger partial charge is 0.305 e. The maximum absolute atomic E-state index is 12.5. The molecule has 404 valence electrons. The third-order valence-electron chi connectivity index (χ3n) is 14.6. The van der Waals surface area contributed by atoms with Crippen LogP contribution in [0.15, 0.2) is 12.2 Å². The molecule has 0 rings (SSSR count). The second-order valence-electron chi connectivity index (χ2n) is 21.4. The number of ether oxygens (including phenoxy) is 1. The summed E-state index contributed by atoms with van der Waals surface area (Å²) in [5.74, 6) is -0.0306. The summed E-state index contributed by atoms with van der Waals surface area (Å²) in [5.41, 5.74) is 0. The minimum atomic E-state index is -0.669. The number of nitrogens with one attached hydrogen (secondary N) is 1. The van der Waals surface area contributed by atoms with Crippen molar-refractivity contribution in [1.82, 2.24) is 5.32 Å². The van der Waals surface area contributed by atoms with Gasteiger partial charge in [0.1, 0.15) is 0 Å². The monoisotopic (exact) mass is 960 g/mol. The molecule has 0 radical (unpaired) electrons. The van der Waals surface area contributed by atoms with Crippen molar-refractivity contribution < 1.29 is 24.5 Å². The fourth-order valence-electron chi connectivity index (χ4n) is 9.81. The molecule has 0 aliphatic carbocycles. The van der Waals surface area contributed by atoms with E-state index in [1.807, 2.05) is 0 Å². The van der Waals surface area contributed by atoms with Crippen molar-refractivity contribution in [3.8, 4) is 0 Å². The third kappa shape index (κ3) is 53.9. The average molecular weight is 961 g/mol. The number of amides is 1. The van der Waals surface area contributed by atoms with E-state index >= 15 is 0 Å². The van der Waals surface area contributed by atoms with Crippen molar-refractivity contribution in [2.75, 3.05) is 13.2 Å². The van der Waals surface area contributed by atoms with Crippen molar-refractivity contribution in [2.24, 2.45) is 0 Å². The molecular formula is C62H121NO5. The fraction of sp³-hybridized carbons (Fsp3) is 0.935. The van der Waals surface area contributed by atoms with E-state index in [0.29, 0.717) is 25.9 Å². The normalized spacial score (nSPS) is 12.6. The van der Waals surface area contributed by atoms with Gasteiger partial charge < -0.3 is 20.3 Å². The lowest BCUT2D eigenvalue weighted by atomic mass is 10.0. The van der Waals surface area contributed by atoms with Crippen molar-refractivity contribution in [2.45, 2.75) is 360 Å². The molecular weight excluding hydrogens is 839 g/mol. The lowest BCUT2D eigenvalue weighted by Crippen LogP contribution is -2.45. The summed E-state index contributed by atoms with van der Waals surface area (Å²) in [5, 5.41) is 23.3. The standard InChI is InChI=1S/C62H121NO5/c1-3-5-7-9-11-13-15-16-17-18-22-25-28-31-35-38-42-46-50-54-60(65)59(58-64)63-61(66)55-51-47-43-39-36-32-29-26-23-20-19-21-24-27-30-33-37-41-45-49-53-57-68-62(67)56-52-48-44-40-34-14-12-10-8-6-4-2/h20,23,59-60,64-65H,3-19,21-22,24-58H2,1-2H3,(H,63,66)/b23-20-. The van der Waals surface area contributed by atoms with E-state index in [1.165, 1.54) is 276 Å². The molecule has 0 aliphatic heterocycles. The molecule has 1 amide bonds. The molecule has 0 bridgehead atoms. The van der Waals surface area contributed by atoms with E-state index in [-0.39, 0.29) is 18.5 Å². The number of hydrogen-bond acceptors (Lipinski definition) is 5. The minimum absolute atomic E-state index is 0.00864. The van der Waals surface area contributed by atoms with Crippen LogP contribution in [0.5, 0.6) is 0 Å². The van der Waals surface area contributed by atoms with Gasteiger partial charge in [-0.1, -0.05) is 296 Å². The van der Waals surface area contributed by atoms with Crippen molar-refractivity contribution in [3.05, 3.63) is 12.2 Å². The zero-order valence-electron chi connectivity index (χ0n) is 46.1. The molecule has 0 fully saturated rings. The molecule has 2 unspecified atom stereocenters. The van der Waals surface area contributed by atoms with Crippen LogP contribution >= 0.6 is 0 Å². The van der Waals surface area contributed by atoms with Gasteiger partial charge in [0.2, 0.25) is 5.91 Å². The molecule has 6 heteroatoms. The zero-order chi connectivity index (χ0) is 49.3. The number of aliphatic hydroxyl groups excluding tert-OH is 2. The zero-order valence-corrected chi connectivity index (χ0v) is 46.1. The number of aliphatic hydroxyl groups is 2. The molecule has 0 saturated heterocycles. The first-order chi connectivity index (χ1) is 33.5. The Balaban J connectivity index is 3.43. The van der Waals surface area contributed by atoms with Crippen molar-refractivity contribution in [3.63, 3.8) is 0 Å². The first-order valence-electron chi connectivity index (χ1n) is 30.9. The predicted octanol–water partition coefficient (Wildman–Crippen LogP) is 19.2. The molecule has 68 heavy (non-hydrogen) atoms. The van der Waals surface area contributed by atoms with Crippen LogP contribution < -0.4 is 5.32 Å². The van der Waals surface area contributed by atoms with Crippen LogP contribution in [0, 0.1) is 0 Å². The second kappa shape index (κ2) is 58.2. The van der Waals surface area contributed by atoms with Crippen LogP contribution in [0.1, 0.15) is 348 Å². The summed E-state index contributed by atoms with van der Waals surface area (Å²) in [6.07, 6.45) is 69.3. The van der Waals surface area contributed by atoms with Crippen LogP contribution in [0.4, 0.5) is 0 Å². The number of esters is 1. The molecule has 0 aromatic rings. The summed E-state index contributed by atoms with van der Waals surface area (Å²) >= 11 is 0. The van der Waals surface area contributed by atoms with E-state index < -0.39 is 12.1 Å². The first kappa shape index (κ1) is 66.6. The molecule has 0 aromatic carbocycles. The van der Waals surface area contributed by atoms with E-state index in [0.717, 1.165) is 38.5 Å². The first-order valence-corrected chi connectivity index (χ1v) is 30.9. The molecule has 6 nitrogen and oxygen atoms in total. The van der Waals surface area contributed by atoms with Gasteiger partial charge in [-0.05, 0) is 51.4 Å². The average Bonchev–Trinajstić information content (AvgIpc) is 3.34. The highest BCUT2D eigenvalue weighted by Crippen LogP contribution is 2.18. The molecule has 0 heterocycles. The van der Waals surface area contributed by atoms with Crippen LogP contribution in [0.25, 0.3) is 0 Å². The maximum Gasteiger partial charge on any atom is 0.305 e. The molecule has 0 aromatic heterocycles. The minimum Gasteiger partial charge on any atom is -0.466 e. The number of unbranched alkanes of at least 4 members (excludes halogenated alkanes) is 45. The van der Waals surface area contributed by atoms with Gasteiger partial charge in [-0.15, -0.1) is 0 Å². The second-order valence-corrected chi connectivity index (χ2v) is 21.4. The number of carbonyl (C=O) groups is 2. The van der Waals surface area contributed by atoms with Crippen LogP contribution in [-0.4, -0.2) is 47.4 Å². The van der Waals surface area contributed by atoms with E-state index in [9.17, 15) is 19.8 Å². The summed E-state index contributed by atoms with van der Waals surface area (Å²) < 4.78 is 5.46. The van der Waals surface area contributed by atoms with Gasteiger partial charge in [-0.2, -0.15) is 0 Å². The Kier molecular flexibility index (Phi) is 57.0. The Morgan fingerprint density at radius 3 is 1.04 bits per heavy atom. The highest BCUT2D eigenvalue weighted by atomic mass is 16.5. The summed E-state index contributed by atoms with van der Waals surface area (Å²) in [4.78, 5) is 24.5. The molecule has 0 saturated carbocycles. The number of carbonyl (C=O) groups excluding carboxylic acids is 2. The topological polar surface area (TPSA) is 95.9 Å². The van der Waals surface area contributed by atoms with E-state index in [2.05, 4.69) is 31.3 Å². The molecule has 3 N–H and O–H groups in total. The Morgan fingerprint density at radius 2 is 0.691 bits per heavy atom. The quantitative estimate of drug-likeness (QED) is 0.0321. The van der Waals surface area contributed by atoms with Gasteiger partial charge in [0.25, 0.3) is 0 Å². The lowest BCUT2D eigenvalue weighted by molar-refractivity contribution is -0.143. The predicted molar refractivity (Wildman–Crippen MR) is 297 cm³/mol. The largest absolute Gasteiger partial charge is 0.466 e. The van der Waals surface area contributed by atoms with Crippen LogP contribution in [0.3, 0.4) is 0 Å². The molecule has 0 spiro atoms. The Bertz CT molecular complexity index is 1020. The van der Waals surface area contributed by atoms with Crippen molar-refractivity contribution in [1.29, 1.82) is 0 Å². The van der Waals surface area contributed by atoms with Crippen molar-refractivity contribution >= 4 is 11.9 Å². The number of allylic oxidation sites excluding steroid dienone is 2. The summed E-state index contributed by atoms with van der Waals surface area (Å²) in [6, 6.07) is -0.547. The Labute approximate surface area is 425 Å². The van der Waals surface area contributed by atoms with Crippen LogP contribution in [0.2, 0.25) is 0 Å². The fourth-order valence-corrected chi connectivity index (χ4v) is 9.81. The SMILES string of the molecule is CCCCCCCCCCCCCCCCCCCCCC(O)C(CO)NC(=O)CCCCCCCCC/C=C\CCCCCCCCCCCCOC(=O)CCCCCCCCCCCCC.